The first-order chi connectivity index (χ1) is 7.44. The Labute approximate surface area is 95.7 Å². The molecule has 0 aliphatic rings. The highest BCUT2D eigenvalue weighted by Crippen LogP contribution is 2.16. The number of hydrazine groups is 1. The van der Waals surface area contributed by atoms with E-state index in [0.29, 0.717) is 12.8 Å². The highest BCUT2D eigenvalue weighted by atomic mass is 32.2. The molecule has 1 atom stereocenters. The summed E-state index contributed by atoms with van der Waals surface area (Å²) in [6.07, 6.45) is 5.91. The number of aryl methyl sites for hydroxylation is 1. The number of nitrogens with one attached hydrogen (secondary N) is 1. The second kappa shape index (κ2) is 5.42. The quantitative estimate of drug-likeness (QED) is 0.533. The van der Waals surface area contributed by atoms with Gasteiger partial charge in [-0.05, 0) is 12.8 Å². The lowest BCUT2D eigenvalue weighted by molar-refractivity contribution is 0.484. The van der Waals surface area contributed by atoms with Crippen molar-refractivity contribution >= 4 is 9.84 Å². The van der Waals surface area contributed by atoms with Gasteiger partial charge in [-0.25, -0.2) is 13.4 Å². The molecule has 0 aliphatic heterocycles. The summed E-state index contributed by atoms with van der Waals surface area (Å²) in [5.41, 5.74) is 3.63. The first-order valence-corrected chi connectivity index (χ1v) is 7.10. The van der Waals surface area contributed by atoms with Gasteiger partial charge >= 0.3 is 0 Å². The van der Waals surface area contributed by atoms with Crippen molar-refractivity contribution in [1.82, 2.24) is 15.0 Å². The summed E-state index contributed by atoms with van der Waals surface area (Å²) >= 11 is 0. The van der Waals surface area contributed by atoms with Gasteiger partial charge in [0.1, 0.15) is 9.84 Å². The molecule has 1 heterocycles. The van der Waals surface area contributed by atoms with Gasteiger partial charge in [-0.3, -0.25) is 11.3 Å². The number of imidazole rings is 1. The van der Waals surface area contributed by atoms with Crippen LogP contribution in [0, 0.1) is 0 Å². The molecule has 1 unspecified atom stereocenters. The lowest BCUT2D eigenvalue weighted by Gasteiger charge is -2.15. The predicted molar refractivity (Wildman–Crippen MR) is 62.2 cm³/mol. The van der Waals surface area contributed by atoms with Crippen molar-refractivity contribution in [3.05, 3.63) is 18.2 Å². The van der Waals surface area contributed by atoms with Gasteiger partial charge in [0.05, 0.1) is 18.1 Å². The Bertz CT molecular complexity index is 426. The molecular formula is C9H18N4O2S. The zero-order chi connectivity index (χ0) is 12.2. The Morgan fingerprint density at radius 2 is 2.31 bits per heavy atom. The lowest BCUT2D eigenvalue weighted by atomic mass is 10.1. The van der Waals surface area contributed by atoms with E-state index in [4.69, 9.17) is 5.84 Å². The van der Waals surface area contributed by atoms with E-state index in [2.05, 4.69) is 10.4 Å². The van der Waals surface area contributed by atoms with E-state index in [1.807, 2.05) is 11.6 Å². The van der Waals surface area contributed by atoms with Crippen molar-refractivity contribution in [1.29, 1.82) is 0 Å². The van der Waals surface area contributed by atoms with E-state index >= 15 is 0 Å². The van der Waals surface area contributed by atoms with E-state index in [1.54, 1.807) is 12.5 Å². The van der Waals surface area contributed by atoms with Crippen LogP contribution in [-0.4, -0.2) is 30.0 Å². The molecule has 0 amide bonds. The first-order valence-electron chi connectivity index (χ1n) is 5.04. The zero-order valence-corrected chi connectivity index (χ0v) is 10.4. The molecule has 0 spiro atoms. The molecule has 0 radical (unpaired) electrons. The molecule has 1 rings (SSSR count). The van der Waals surface area contributed by atoms with E-state index < -0.39 is 9.84 Å². The number of nitrogens with zero attached hydrogens (tertiary/aromatic N) is 2. The molecule has 0 saturated carbocycles. The number of sulfone groups is 1. The van der Waals surface area contributed by atoms with Crippen molar-refractivity contribution in [3.8, 4) is 0 Å². The molecule has 0 aliphatic carbocycles. The van der Waals surface area contributed by atoms with Crippen LogP contribution >= 0.6 is 0 Å². The fourth-order valence-corrected chi connectivity index (χ4v) is 2.26. The van der Waals surface area contributed by atoms with Gasteiger partial charge in [-0.2, -0.15) is 0 Å². The Hall–Kier alpha value is -0.920. The van der Waals surface area contributed by atoms with E-state index in [0.717, 1.165) is 5.69 Å². The second-order valence-corrected chi connectivity index (χ2v) is 6.18. The van der Waals surface area contributed by atoms with Crippen molar-refractivity contribution in [2.24, 2.45) is 12.9 Å². The van der Waals surface area contributed by atoms with Crippen molar-refractivity contribution in [2.45, 2.75) is 18.9 Å². The van der Waals surface area contributed by atoms with Gasteiger partial charge in [0.25, 0.3) is 0 Å². The molecular weight excluding hydrogens is 228 g/mol. The zero-order valence-electron chi connectivity index (χ0n) is 9.55. The van der Waals surface area contributed by atoms with Crippen LogP contribution in [0.4, 0.5) is 0 Å². The molecule has 0 bridgehead atoms. The van der Waals surface area contributed by atoms with Crippen LogP contribution in [0.15, 0.2) is 12.5 Å². The molecule has 92 valence electrons. The Morgan fingerprint density at radius 1 is 1.62 bits per heavy atom. The number of rotatable bonds is 6. The van der Waals surface area contributed by atoms with Gasteiger partial charge in [-0.15, -0.1) is 0 Å². The molecule has 0 saturated heterocycles. The molecule has 3 N–H and O–H groups in total. The topological polar surface area (TPSA) is 90.0 Å². The smallest absolute Gasteiger partial charge is 0.147 e. The highest BCUT2D eigenvalue weighted by molar-refractivity contribution is 7.90. The van der Waals surface area contributed by atoms with Crippen LogP contribution in [0.3, 0.4) is 0 Å². The third-order valence-electron chi connectivity index (χ3n) is 2.42. The van der Waals surface area contributed by atoms with Crippen LogP contribution in [-0.2, 0) is 16.9 Å². The highest BCUT2D eigenvalue weighted by Gasteiger charge is 2.13. The predicted octanol–water partition coefficient (Wildman–Crippen LogP) is -0.251. The summed E-state index contributed by atoms with van der Waals surface area (Å²) in [7, 11) is -1.02. The SMILES string of the molecule is Cn1cncc1C(CCCS(C)(=O)=O)NN. The standard InChI is InChI=1S/C9H18N4O2S/c1-13-7-11-6-9(13)8(12-10)4-3-5-16(2,14)15/h6-8,12H,3-5,10H2,1-2H3. The Kier molecular flexibility index (Phi) is 4.45. The normalized spacial score (nSPS) is 13.9. The van der Waals surface area contributed by atoms with Gasteiger partial charge in [0.15, 0.2) is 0 Å². The molecule has 7 heteroatoms. The van der Waals surface area contributed by atoms with Gasteiger partial charge in [-0.1, -0.05) is 0 Å². The molecule has 16 heavy (non-hydrogen) atoms. The molecule has 0 aromatic carbocycles. The monoisotopic (exact) mass is 246 g/mol. The van der Waals surface area contributed by atoms with E-state index in [1.165, 1.54) is 6.26 Å². The van der Waals surface area contributed by atoms with Crippen LogP contribution in [0.5, 0.6) is 0 Å². The van der Waals surface area contributed by atoms with Crippen LogP contribution in [0.25, 0.3) is 0 Å². The third kappa shape index (κ3) is 3.92. The minimum atomic E-state index is -2.90. The number of hydrogen-bond donors (Lipinski definition) is 2. The average Bonchev–Trinajstić information content (AvgIpc) is 2.58. The minimum absolute atomic E-state index is 0.0609. The Morgan fingerprint density at radius 3 is 2.75 bits per heavy atom. The van der Waals surface area contributed by atoms with Crippen molar-refractivity contribution < 1.29 is 8.42 Å². The largest absolute Gasteiger partial charge is 0.336 e. The lowest BCUT2D eigenvalue weighted by Crippen LogP contribution is -2.29. The van der Waals surface area contributed by atoms with Gasteiger partial charge in [0.2, 0.25) is 0 Å². The van der Waals surface area contributed by atoms with E-state index in [9.17, 15) is 8.42 Å². The number of nitrogens with two attached hydrogens (primary N) is 1. The fraction of sp³-hybridized carbons (Fsp3) is 0.667. The molecule has 1 aromatic rings. The minimum Gasteiger partial charge on any atom is -0.336 e. The molecule has 0 fully saturated rings. The van der Waals surface area contributed by atoms with Crippen LogP contribution < -0.4 is 11.3 Å². The maximum absolute atomic E-state index is 11.0. The van der Waals surface area contributed by atoms with Crippen LogP contribution in [0.1, 0.15) is 24.6 Å². The number of hydrogen-bond acceptors (Lipinski definition) is 5. The summed E-state index contributed by atoms with van der Waals surface area (Å²) in [6.45, 7) is 0. The summed E-state index contributed by atoms with van der Waals surface area (Å²) in [5.74, 6) is 5.63. The van der Waals surface area contributed by atoms with E-state index in [-0.39, 0.29) is 11.8 Å². The van der Waals surface area contributed by atoms with Gasteiger partial charge in [0, 0.05) is 25.3 Å². The second-order valence-electron chi connectivity index (χ2n) is 3.92. The fourth-order valence-electron chi connectivity index (χ4n) is 1.57. The van der Waals surface area contributed by atoms with Crippen LogP contribution in [0.2, 0.25) is 0 Å². The van der Waals surface area contributed by atoms with Crippen molar-refractivity contribution in [2.75, 3.05) is 12.0 Å². The summed E-state index contributed by atoms with van der Waals surface area (Å²) in [5, 5.41) is 0. The summed E-state index contributed by atoms with van der Waals surface area (Å²) in [6, 6.07) is -0.0609. The molecule has 1 aromatic heterocycles. The first kappa shape index (κ1) is 13.1. The summed E-state index contributed by atoms with van der Waals surface area (Å²) in [4.78, 5) is 4.00. The van der Waals surface area contributed by atoms with Gasteiger partial charge < -0.3 is 4.57 Å². The Balaban J connectivity index is 2.54. The molecule has 6 nitrogen and oxygen atoms in total. The third-order valence-corrected chi connectivity index (χ3v) is 3.45. The maximum atomic E-state index is 11.0. The summed E-state index contributed by atoms with van der Waals surface area (Å²) < 4.78 is 23.8. The maximum Gasteiger partial charge on any atom is 0.147 e. The average molecular weight is 246 g/mol. The number of aromatic nitrogens is 2. The van der Waals surface area contributed by atoms with Crippen molar-refractivity contribution in [3.63, 3.8) is 0 Å².